The van der Waals surface area contributed by atoms with Gasteiger partial charge in [-0.3, -0.25) is 9.97 Å². The van der Waals surface area contributed by atoms with Gasteiger partial charge in [-0.1, -0.05) is 6.07 Å². The number of hydrogen-bond donors (Lipinski definition) is 0. The van der Waals surface area contributed by atoms with Gasteiger partial charge in [-0.05, 0) is 36.2 Å². The number of pyridine rings is 2. The summed E-state index contributed by atoms with van der Waals surface area (Å²) < 4.78 is 46.9. The number of alkyl halides is 3. The second-order valence-electron chi connectivity index (χ2n) is 9.01. The molecule has 0 radical (unpaired) electrons. The van der Waals surface area contributed by atoms with Crippen molar-refractivity contribution in [2.75, 3.05) is 36.0 Å². The molecule has 1 atom stereocenters. The molecule has 6 heterocycles. The molecular formula is C24H23F3N8O. The van der Waals surface area contributed by atoms with Crippen LogP contribution in [0.25, 0.3) is 5.65 Å². The van der Waals surface area contributed by atoms with Crippen LogP contribution in [0.2, 0.25) is 0 Å². The Morgan fingerprint density at radius 2 is 1.97 bits per heavy atom. The first kappa shape index (κ1) is 22.7. The van der Waals surface area contributed by atoms with E-state index >= 15 is 0 Å². The van der Waals surface area contributed by atoms with Crippen LogP contribution >= 0.6 is 0 Å². The molecule has 0 aliphatic carbocycles. The number of fused-ring (bicyclic) bond motifs is 2. The molecule has 1 saturated heterocycles. The highest BCUT2D eigenvalue weighted by atomic mass is 19.4. The van der Waals surface area contributed by atoms with E-state index in [0.717, 1.165) is 39.1 Å². The summed E-state index contributed by atoms with van der Waals surface area (Å²) in [5.41, 5.74) is 4.86. The number of morpholine rings is 1. The first-order valence-corrected chi connectivity index (χ1v) is 11.7. The Balaban J connectivity index is 1.27. The van der Waals surface area contributed by atoms with Gasteiger partial charge in [-0.25, -0.2) is 0 Å². The largest absolute Gasteiger partial charge is 0.453 e. The summed E-state index contributed by atoms with van der Waals surface area (Å²) in [5, 5.41) is 11.2. The fraction of sp³-hybridized carbons (Fsp3) is 0.375. The average Bonchev–Trinajstić information content (AvgIpc) is 3.31. The second kappa shape index (κ2) is 8.70. The SMILES string of the molecule is Cc1cc2nnc(C(F)(F)F)n2nc1N1CCc2ncc(N3CCOC(c4cccnc4)C3)cc2C1. The predicted octanol–water partition coefficient (Wildman–Crippen LogP) is 3.38. The standard InChI is InChI=1S/C24H23F3N8O/c1-15-9-21-30-31-23(24(25,26)27)35(21)32-22(15)34-6-4-19-17(13-34)10-18(12-29-19)33-7-8-36-20(14-33)16-3-2-5-28-11-16/h2-3,5,9-12,20H,4,6-8,13-14H2,1H3. The Morgan fingerprint density at radius 3 is 2.78 bits per heavy atom. The minimum absolute atomic E-state index is 0.0698. The van der Waals surface area contributed by atoms with Crippen molar-refractivity contribution in [3.8, 4) is 0 Å². The molecule has 186 valence electrons. The van der Waals surface area contributed by atoms with Crippen LogP contribution in [0.1, 0.15) is 34.3 Å². The molecular weight excluding hydrogens is 473 g/mol. The fourth-order valence-corrected chi connectivity index (χ4v) is 4.82. The van der Waals surface area contributed by atoms with Crippen LogP contribution in [0, 0.1) is 6.92 Å². The molecule has 12 heteroatoms. The Bertz CT molecular complexity index is 1410. The van der Waals surface area contributed by atoms with E-state index in [4.69, 9.17) is 9.72 Å². The number of aryl methyl sites for hydroxylation is 1. The van der Waals surface area contributed by atoms with Crippen LogP contribution in [-0.2, 0) is 23.9 Å². The highest BCUT2D eigenvalue weighted by Gasteiger charge is 2.38. The zero-order chi connectivity index (χ0) is 24.9. The minimum Gasteiger partial charge on any atom is -0.370 e. The molecule has 0 amide bonds. The smallest absolute Gasteiger partial charge is 0.370 e. The summed E-state index contributed by atoms with van der Waals surface area (Å²) in [7, 11) is 0. The van der Waals surface area contributed by atoms with Crippen molar-refractivity contribution < 1.29 is 17.9 Å². The minimum atomic E-state index is -4.64. The van der Waals surface area contributed by atoms with Gasteiger partial charge in [0.15, 0.2) is 11.5 Å². The van der Waals surface area contributed by atoms with E-state index in [1.807, 2.05) is 36.4 Å². The quantitative estimate of drug-likeness (QED) is 0.427. The van der Waals surface area contributed by atoms with Crippen LogP contribution in [-0.4, -0.2) is 56.0 Å². The number of hydrogen-bond acceptors (Lipinski definition) is 8. The molecule has 1 unspecified atom stereocenters. The normalized spacial score (nSPS) is 18.5. The highest BCUT2D eigenvalue weighted by molar-refractivity contribution is 5.56. The summed E-state index contributed by atoms with van der Waals surface area (Å²) in [6, 6.07) is 7.61. The molecule has 1 fully saturated rings. The number of halogens is 3. The molecule has 0 bridgehead atoms. The van der Waals surface area contributed by atoms with Gasteiger partial charge in [-0.15, -0.1) is 15.3 Å². The lowest BCUT2D eigenvalue weighted by atomic mass is 10.0. The maximum Gasteiger partial charge on any atom is 0.453 e. The van der Waals surface area contributed by atoms with E-state index in [1.165, 1.54) is 0 Å². The maximum absolute atomic E-state index is 13.4. The van der Waals surface area contributed by atoms with Crippen LogP contribution < -0.4 is 9.80 Å². The van der Waals surface area contributed by atoms with Crippen molar-refractivity contribution in [2.45, 2.75) is 32.2 Å². The molecule has 0 N–H and O–H groups in total. The molecule has 2 aliphatic rings. The lowest BCUT2D eigenvalue weighted by Gasteiger charge is -2.36. The van der Waals surface area contributed by atoms with Crippen molar-refractivity contribution in [2.24, 2.45) is 0 Å². The van der Waals surface area contributed by atoms with E-state index < -0.39 is 12.0 Å². The molecule has 0 saturated carbocycles. The van der Waals surface area contributed by atoms with E-state index in [0.29, 0.717) is 38.5 Å². The second-order valence-corrected chi connectivity index (χ2v) is 9.01. The number of anilines is 2. The molecule has 9 nitrogen and oxygen atoms in total. The Morgan fingerprint density at radius 1 is 1.08 bits per heavy atom. The Kier molecular flexibility index (Phi) is 5.47. The van der Waals surface area contributed by atoms with Gasteiger partial charge >= 0.3 is 6.18 Å². The molecule has 0 aromatic carbocycles. The Hall–Kier alpha value is -3.80. The third-order valence-electron chi connectivity index (χ3n) is 6.62. The number of ether oxygens (including phenoxy) is 1. The average molecular weight is 496 g/mol. The zero-order valence-corrected chi connectivity index (χ0v) is 19.5. The van der Waals surface area contributed by atoms with Crippen LogP contribution in [0.4, 0.5) is 24.7 Å². The number of nitrogens with zero attached hydrogens (tertiary/aromatic N) is 8. The third kappa shape index (κ3) is 4.11. The molecule has 36 heavy (non-hydrogen) atoms. The van der Waals surface area contributed by atoms with Crippen molar-refractivity contribution in [1.29, 1.82) is 0 Å². The van der Waals surface area contributed by atoms with Gasteiger partial charge in [0.2, 0.25) is 0 Å². The molecule has 0 spiro atoms. The van der Waals surface area contributed by atoms with E-state index in [2.05, 4.69) is 31.2 Å². The van der Waals surface area contributed by atoms with Crippen molar-refractivity contribution >= 4 is 17.2 Å². The van der Waals surface area contributed by atoms with Crippen LogP contribution in [0.15, 0.2) is 42.9 Å². The van der Waals surface area contributed by atoms with Crippen molar-refractivity contribution in [3.05, 3.63) is 71.1 Å². The zero-order valence-electron chi connectivity index (χ0n) is 19.5. The summed E-state index contributed by atoms with van der Waals surface area (Å²) in [6.45, 7) is 4.93. The molecule has 4 aromatic heterocycles. The molecule has 6 rings (SSSR count). The summed E-state index contributed by atoms with van der Waals surface area (Å²) in [5.74, 6) is -0.650. The third-order valence-corrected chi connectivity index (χ3v) is 6.62. The van der Waals surface area contributed by atoms with Gasteiger partial charge in [0, 0.05) is 56.3 Å². The van der Waals surface area contributed by atoms with E-state index in [-0.39, 0.29) is 11.8 Å². The van der Waals surface area contributed by atoms with E-state index in [1.54, 1.807) is 12.3 Å². The number of rotatable bonds is 3. The van der Waals surface area contributed by atoms with Crippen molar-refractivity contribution in [1.82, 2.24) is 29.8 Å². The van der Waals surface area contributed by atoms with Crippen LogP contribution in [0.5, 0.6) is 0 Å². The van der Waals surface area contributed by atoms with Gasteiger partial charge in [-0.2, -0.15) is 17.7 Å². The van der Waals surface area contributed by atoms with E-state index in [9.17, 15) is 13.2 Å². The fourth-order valence-electron chi connectivity index (χ4n) is 4.82. The highest BCUT2D eigenvalue weighted by Crippen LogP contribution is 2.32. The lowest BCUT2D eigenvalue weighted by molar-refractivity contribution is -0.146. The topological polar surface area (TPSA) is 84.6 Å². The summed E-state index contributed by atoms with van der Waals surface area (Å²) in [4.78, 5) is 13.1. The van der Waals surface area contributed by atoms with Gasteiger partial charge < -0.3 is 14.5 Å². The predicted molar refractivity (Wildman–Crippen MR) is 125 cm³/mol. The number of aromatic nitrogens is 6. The van der Waals surface area contributed by atoms with Crippen molar-refractivity contribution in [3.63, 3.8) is 0 Å². The van der Waals surface area contributed by atoms with Gasteiger partial charge in [0.25, 0.3) is 5.82 Å². The first-order chi connectivity index (χ1) is 17.4. The first-order valence-electron chi connectivity index (χ1n) is 11.7. The molecule has 2 aliphatic heterocycles. The molecule has 4 aromatic rings. The Labute approximate surface area is 204 Å². The maximum atomic E-state index is 13.4. The van der Waals surface area contributed by atoms with Gasteiger partial charge in [0.1, 0.15) is 6.10 Å². The summed E-state index contributed by atoms with van der Waals surface area (Å²) >= 11 is 0. The van der Waals surface area contributed by atoms with Crippen LogP contribution in [0.3, 0.4) is 0 Å². The van der Waals surface area contributed by atoms with Gasteiger partial charge in [0.05, 0.1) is 18.5 Å². The monoisotopic (exact) mass is 496 g/mol. The lowest BCUT2D eigenvalue weighted by Crippen LogP contribution is -2.39. The summed E-state index contributed by atoms with van der Waals surface area (Å²) in [6.07, 6.45) is 1.41.